The Labute approximate surface area is 121 Å². The second-order valence-corrected chi connectivity index (χ2v) is 6.60. The molecule has 1 aromatic heterocycles. The number of thiazole rings is 1. The summed E-state index contributed by atoms with van der Waals surface area (Å²) >= 11 is 5.28. The molecule has 1 heterocycles. The molecular weight excluding hydrogens is 308 g/mol. The molecule has 0 amide bonds. The molecule has 0 bridgehead atoms. The molecule has 0 saturated heterocycles. The average Bonchev–Trinajstić information content (AvgIpc) is 2.65. The van der Waals surface area contributed by atoms with Gasteiger partial charge in [0.25, 0.3) is 0 Å². The van der Waals surface area contributed by atoms with Gasteiger partial charge in [0.15, 0.2) is 0 Å². The van der Waals surface area contributed by atoms with Gasteiger partial charge in [-0.2, -0.15) is 0 Å². The van der Waals surface area contributed by atoms with E-state index in [0.717, 1.165) is 21.7 Å². The number of hydrogen-bond acceptors (Lipinski definition) is 3. The lowest BCUT2D eigenvalue weighted by Gasteiger charge is -2.14. The van der Waals surface area contributed by atoms with Gasteiger partial charge in [0.1, 0.15) is 0 Å². The minimum Gasteiger partial charge on any atom is -0.305 e. The fourth-order valence-corrected chi connectivity index (χ4v) is 3.18. The third kappa shape index (κ3) is 3.40. The Hall–Kier alpha value is -0.710. The van der Waals surface area contributed by atoms with Crippen LogP contribution in [0, 0.1) is 13.8 Å². The van der Waals surface area contributed by atoms with E-state index in [4.69, 9.17) is 0 Å². The van der Waals surface area contributed by atoms with Gasteiger partial charge in [0.2, 0.25) is 0 Å². The first-order chi connectivity index (χ1) is 8.56. The molecule has 1 unspecified atom stereocenters. The van der Waals surface area contributed by atoms with E-state index in [-0.39, 0.29) is 0 Å². The molecule has 0 radical (unpaired) electrons. The van der Waals surface area contributed by atoms with Crippen LogP contribution in [0.2, 0.25) is 0 Å². The molecule has 4 heteroatoms. The maximum Gasteiger partial charge on any atom is 0.0900 e. The smallest absolute Gasteiger partial charge is 0.0900 e. The minimum absolute atomic E-state index is 0.337. The Morgan fingerprint density at radius 3 is 2.78 bits per heavy atom. The maximum atomic E-state index is 4.45. The lowest BCUT2D eigenvalue weighted by Crippen LogP contribution is -2.17. The summed E-state index contributed by atoms with van der Waals surface area (Å²) in [5, 5.41) is 4.68. The van der Waals surface area contributed by atoms with Crippen LogP contribution in [-0.4, -0.2) is 4.98 Å². The summed E-state index contributed by atoms with van der Waals surface area (Å²) in [5.41, 5.74) is 2.44. The van der Waals surface area contributed by atoms with E-state index in [1.165, 1.54) is 10.4 Å². The zero-order chi connectivity index (χ0) is 13.1. The van der Waals surface area contributed by atoms with Crippen molar-refractivity contribution in [3.8, 4) is 0 Å². The van der Waals surface area contributed by atoms with Crippen molar-refractivity contribution in [2.24, 2.45) is 0 Å². The summed E-state index contributed by atoms with van der Waals surface area (Å²) < 4.78 is 1.12. The van der Waals surface area contributed by atoms with Gasteiger partial charge >= 0.3 is 0 Å². The maximum absolute atomic E-state index is 4.45. The molecular formula is C14H17BrN2S. The van der Waals surface area contributed by atoms with E-state index in [1.807, 2.05) is 6.07 Å². The fraction of sp³-hybridized carbons (Fsp3) is 0.357. The van der Waals surface area contributed by atoms with E-state index in [0.29, 0.717) is 6.04 Å². The number of nitrogens with zero attached hydrogens (tertiary/aromatic N) is 1. The number of benzene rings is 1. The molecule has 0 spiro atoms. The van der Waals surface area contributed by atoms with Crippen LogP contribution in [0.15, 0.2) is 28.7 Å². The van der Waals surface area contributed by atoms with Crippen LogP contribution in [-0.2, 0) is 6.54 Å². The molecule has 2 nitrogen and oxygen atoms in total. The van der Waals surface area contributed by atoms with E-state index in [9.17, 15) is 0 Å². The number of halogens is 1. The SMILES string of the molecule is Cc1nc(C)c(CNC(C)c2cccc(Br)c2)s1. The van der Waals surface area contributed by atoms with Gasteiger partial charge < -0.3 is 5.32 Å². The monoisotopic (exact) mass is 324 g/mol. The first kappa shape index (κ1) is 13.7. The molecule has 1 aromatic carbocycles. The van der Waals surface area contributed by atoms with E-state index >= 15 is 0 Å². The average molecular weight is 325 g/mol. The predicted octanol–water partition coefficient (Wildman–Crippen LogP) is 4.37. The van der Waals surface area contributed by atoms with Crippen molar-refractivity contribution in [2.75, 3.05) is 0 Å². The molecule has 0 aliphatic heterocycles. The highest BCUT2D eigenvalue weighted by molar-refractivity contribution is 9.10. The van der Waals surface area contributed by atoms with E-state index in [2.05, 4.69) is 65.2 Å². The van der Waals surface area contributed by atoms with E-state index in [1.54, 1.807) is 11.3 Å². The van der Waals surface area contributed by atoms with Crippen LogP contribution in [0.4, 0.5) is 0 Å². The Bertz CT molecular complexity index is 536. The molecule has 96 valence electrons. The highest BCUT2D eigenvalue weighted by Crippen LogP contribution is 2.20. The van der Waals surface area contributed by atoms with Crippen LogP contribution in [0.3, 0.4) is 0 Å². The molecule has 0 saturated carbocycles. The third-order valence-corrected chi connectivity index (χ3v) is 4.48. The van der Waals surface area contributed by atoms with Gasteiger partial charge in [-0.05, 0) is 38.5 Å². The van der Waals surface area contributed by atoms with Crippen molar-refractivity contribution in [3.63, 3.8) is 0 Å². The molecule has 18 heavy (non-hydrogen) atoms. The van der Waals surface area contributed by atoms with Gasteiger partial charge in [0, 0.05) is 21.9 Å². The standard InChI is InChI=1S/C14H17BrN2S/c1-9(12-5-4-6-13(15)7-12)16-8-14-10(2)17-11(3)18-14/h4-7,9,16H,8H2,1-3H3. The van der Waals surface area contributed by atoms with E-state index < -0.39 is 0 Å². The largest absolute Gasteiger partial charge is 0.305 e. The van der Waals surface area contributed by atoms with Gasteiger partial charge in [0.05, 0.1) is 10.7 Å². The molecule has 0 fully saturated rings. The first-order valence-corrected chi connectivity index (χ1v) is 7.59. The predicted molar refractivity (Wildman–Crippen MR) is 81.0 cm³/mol. The first-order valence-electron chi connectivity index (χ1n) is 5.98. The number of hydrogen-bond donors (Lipinski definition) is 1. The summed E-state index contributed by atoms with van der Waals surface area (Å²) in [4.78, 5) is 5.77. The summed E-state index contributed by atoms with van der Waals surface area (Å²) in [7, 11) is 0. The Morgan fingerprint density at radius 1 is 1.39 bits per heavy atom. The summed E-state index contributed by atoms with van der Waals surface area (Å²) in [5.74, 6) is 0. The zero-order valence-electron chi connectivity index (χ0n) is 10.8. The van der Waals surface area contributed by atoms with Crippen molar-refractivity contribution in [1.82, 2.24) is 10.3 Å². The molecule has 1 N–H and O–H groups in total. The molecule has 0 aliphatic rings. The van der Waals surface area contributed by atoms with Gasteiger partial charge in [-0.15, -0.1) is 11.3 Å². The highest BCUT2D eigenvalue weighted by atomic mass is 79.9. The van der Waals surface area contributed by atoms with Crippen LogP contribution in [0.1, 0.15) is 34.1 Å². The number of aryl methyl sites for hydroxylation is 2. The number of nitrogens with one attached hydrogen (secondary N) is 1. The van der Waals surface area contributed by atoms with Gasteiger partial charge in [-0.25, -0.2) is 4.98 Å². The Kier molecular flexibility index (Phi) is 4.54. The Morgan fingerprint density at radius 2 is 2.17 bits per heavy atom. The van der Waals surface area contributed by atoms with Crippen molar-refractivity contribution in [1.29, 1.82) is 0 Å². The summed E-state index contributed by atoms with van der Waals surface area (Å²) in [6, 6.07) is 8.76. The third-order valence-electron chi connectivity index (χ3n) is 2.92. The highest BCUT2D eigenvalue weighted by Gasteiger charge is 2.08. The van der Waals surface area contributed by atoms with Crippen molar-refractivity contribution in [3.05, 3.63) is 49.9 Å². The summed E-state index contributed by atoms with van der Waals surface area (Å²) in [6.07, 6.45) is 0. The zero-order valence-corrected chi connectivity index (χ0v) is 13.2. The second-order valence-electron chi connectivity index (χ2n) is 4.40. The second kappa shape index (κ2) is 5.95. The fourth-order valence-electron chi connectivity index (χ4n) is 1.88. The summed E-state index contributed by atoms with van der Waals surface area (Å²) in [6.45, 7) is 7.19. The molecule has 1 atom stereocenters. The molecule has 0 aliphatic carbocycles. The van der Waals surface area contributed by atoms with Gasteiger partial charge in [-0.3, -0.25) is 0 Å². The van der Waals surface area contributed by atoms with Crippen molar-refractivity contribution < 1.29 is 0 Å². The van der Waals surface area contributed by atoms with Crippen LogP contribution in [0.5, 0.6) is 0 Å². The quantitative estimate of drug-likeness (QED) is 0.903. The van der Waals surface area contributed by atoms with Crippen molar-refractivity contribution in [2.45, 2.75) is 33.4 Å². The topological polar surface area (TPSA) is 24.9 Å². The molecule has 2 rings (SSSR count). The lowest BCUT2D eigenvalue weighted by molar-refractivity contribution is 0.577. The number of rotatable bonds is 4. The van der Waals surface area contributed by atoms with Crippen LogP contribution >= 0.6 is 27.3 Å². The van der Waals surface area contributed by atoms with Crippen LogP contribution in [0.25, 0.3) is 0 Å². The normalized spacial score (nSPS) is 12.7. The molecule has 2 aromatic rings. The van der Waals surface area contributed by atoms with Gasteiger partial charge in [-0.1, -0.05) is 28.1 Å². The van der Waals surface area contributed by atoms with Crippen LogP contribution < -0.4 is 5.32 Å². The van der Waals surface area contributed by atoms with Crippen molar-refractivity contribution >= 4 is 27.3 Å². The minimum atomic E-state index is 0.337. The lowest BCUT2D eigenvalue weighted by atomic mass is 10.1. The Balaban J connectivity index is 2.00. The number of aromatic nitrogens is 1.